The van der Waals surface area contributed by atoms with Crippen LogP contribution in [0, 0.1) is 11.6 Å². The van der Waals surface area contributed by atoms with Crippen molar-refractivity contribution in [2.75, 3.05) is 36.4 Å². The van der Waals surface area contributed by atoms with E-state index in [0.29, 0.717) is 18.1 Å². The predicted octanol–water partition coefficient (Wildman–Crippen LogP) is 3.77. The Morgan fingerprint density at radius 2 is 1.77 bits per heavy atom. The van der Waals surface area contributed by atoms with Crippen molar-refractivity contribution in [2.45, 2.75) is 13.0 Å². The molecule has 0 radical (unpaired) electrons. The Hall–Kier alpha value is -2.18. The highest BCUT2D eigenvalue weighted by Gasteiger charge is 2.26. The van der Waals surface area contributed by atoms with Gasteiger partial charge >= 0.3 is 0 Å². The number of halogens is 3. The first kappa shape index (κ1) is 18.6. The zero-order chi connectivity index (χ0) is 18.7. The molecule has 1 amide bonds. The van der Waals surface area contributed by atoms with Crippen LogP contribution in [0.15, 0.2) is 42.5 Å². The number of nitrogens with one attached hydrogen (secondary N) is 1. The molecule has 0 saturated carbocycles. The summed E-state index contributed by atoms with van der Waals surface area (Å²) in [6.45, 7) is 4.73. The molecular formula is C19H20ClF2N3O. The first-order valence-electron chi connectivity index (χ1n) is 8.45. The van der Waals surface area contributed by atoms with Crippen molar-refractivity contribution >= 4 is 28.9 Å². The van der Waals surface area contributed by atoms with Gasteiger partial charge in [-0.25, -0.2) is 8.78 Å². The number of amides is 1. The van der Waals surface area contributed by atoms with Crippen molar-refractivity contribution < 1.29 is 13.6 Å². The van der Waals surface area contributed by atoms with Gasteiger partial charge in [-0.3, -0.25) is 9.69 Å². The highest BCUT2D eigenvalue weighted by Crippen LogP contribution is 2.26. The third kappa shape index (κ3) is 4.14. The Labute approximate surface area is 156 Å². The molecule has 26 heavy (non-hydrogen) atoms. The number of hydrogen-bond acceptors (Lipinski definition) is 3. The Morgan fingerprint density at radius 3 is 2.42 bits per heavy atom. The van der Waals surface area contributed by atoms with E-state index in [0.717, 1.165) is 30.9 Å². The maximum Gasteiger partial charge on any atom is 0.241 e. The molecule has 1 N–H and O–H groups in total. The summed E-state index contributed by atoms with van der Waals surface area (Å²) in [4.78, 5) is 16.7. The average molecular weight is 380 g/mol. The largest absolute Gasteiger partial charge is 0.368 e. The van der Waals surface area contributed by atoms with Gasteiger partial charge in [-0.1, -0.05) is 23.7 Å². The monoisotopic (exact) mass is 379 g/mol. The Bertz CT molecular complexity index is 794. The molecule has 1 unspecified atom stereocenters. The molecule has 1 aliphatic heterocycles. The van der Waals surface area contributed by atoms with Crippen molar-refractivity contribution in [1.82, 2.24) is 4.90 Å². The summed E-state index contributed by atoms with van der Waals surface area (Å²) >= 11 is 6.24. The van der Waals surface area contributed by atoms with E-state index in [1.54, 1.807) is 6.92 Å². The predicted molar refractivity (Wildman–Crippen MR) is 99.7 cm³/mol. The molecule has 1 atom stereocenters. The molecule has 0 aromatic heterocycles. The van der Waals surface area contributed by atoms with Gasteiger partial charge in [-0.05, 0) is 31.2 Å². The second kappa shape index (κ2) is 8.01. The van der Waals surface area contributed by atoms with Crippen molar-refractivity contribution in [2.24, 2.45) is 0 Å². The fourth-order valence-electron chi connectivity index (χ4n) is 3.04. The van der Waals surface area contributed by atoms with Crippen molar-refractivity contribution in [3.63, 3.8) is 0 Å². The van der Waals surface area contributed by atoms with Crippen LogP contribution in [0.2, 0.25) is 5.02 Å². The molecule has 2 aromatic carbocycles. The SMILES string of the molecule is CC(C(=O)Nc1ccc(F)c(F)c1)N1CCN(c2ccccc2Cl)CC1. The van der Waals surface area contributed by atoms with Gasteiger partial charge in [0.15, 0.2) is 11.6 Å². The van der Waals surface area contributed by atoms with Gasteiger partial charge in [0.2, 0.25) is 5.91 Å². The molecule has 2 aromatic rings. The molecule has 1 heterocycles. The van der Waals surface area contributed by atoms with E-state index in [2.05, 4.69) is 15.1 Å². The molecule has 1 fully saturated rings. The Kier molecular flexibility index (Phi) is 5.74. The van der Waals surface area contributed by atoms with Gasteiger partial charge in [0.1, 0.15) is 0 Å². The summed E-state index contributed by atoms with van der Waals surface area (Å²) in [7, 11) is 0. The van der Waals surface area contributed by atoms with Gasteiger partial charge in [-0.2, -0.15) is 0 Å². The molecule has 7 heteroatoms. The van der Waals surface area contributed by atoms with Crippen molar-refractivity contribution in [3.05, 3.63) is 59.1 Å². The maximum atomic E-state index is 13.3. The first-order chi connectivity index (χ1) is 12.5. The Morgan fingerprint density at radius 1 is 1.08 bits per heavy atom. The highest BCUT2D eigenvalue weighted by molar-refractivity contribution is 6.33. The minimum Gasteiger partial charge on any atom is -0.368 e. The molecule has 138 valence electrons. The molecule has 0 bridgehead atoms. The van der Waals surface area contributed by atoms with Crippen LogP contribution in [0.3, 0.4) is 0 Å². The zero-order valence-electron chi connectivity index (χ0n) is 14.4. The minimum atomic E-state index is -0.983. The molecule has 3 rings (SSSR count). The number of piperazine rings is 1. The lowest BCUT2D eigenvalue weighted by Crippen LogP contribution is -2.52. The molecular weight excluding hydrogens is 360 g/mol. The highest BCUT2D eigenvalue weighted by atomic mass is 35.5. The van der Waals surface area contributed by atoms with E-state index in [-0.39, 0.29) is 17.6 Å². The molecule has 4 nitrogen and oxygen atoms in total. The third-order valence-electron chi connectivity index (χ3n) is 4.62. The van der Waals surface area contributed by atoms with Gasteiger partial charge in [0.25, 0.3) is 0 Å². The number of rotatable bonds is 4. The van der Waals surface area contributed by atoms with E-state index < -0.39 is 11.6 Å². The van der Waals surface area contributed by atoms with Crippen molar-refractivity contribution in [1.29, 1.82) is 0 Å². The number of para-hydroxylation sites is 1. The molecule has 0 spiro atoms. The van der Waals surface area contributed by atoms with Crippen LogP contribution < -0.4 is 10.2 Å². The van der Waals surface area contributed by atoms with Crippen LogP contribution in [0.4, 0.5) is 20.2 Å². The fourth-order valence-corrected chi connectivity index (χ4v) is 3.30. The number of carbonyl (C=O) groups is 1. The summed E-state index contributed by atoms with van der Waals surface area (Å²) < 4.78 is 26.2. The van der Waals surface area contributed by atoms with Crippen LogP contribution in [0.5, 0.6) is 0 Å². The summed E-state index contributed by atoms with van der Waals surface area (Å²) in [5.41, 5.74) is 1.24. The molecule has 1 saturated heterocycles. The quantitative estimate of drug-likeness (QED) is 0.878. The smallest absolute Gasteiger partial charge is 0.241 e. The van der Waals surface area contributed by atoms with Crippen LogP contribution in [-0.2, 0) is 4.79 Å². The van der Waals surface area contributed by atoms with Crippen molar-refractivity contribution in [3.8, 4) is 0 Å². The normalized spacial score (nSPS) is 16.4. The lowest BCUT2D eigenvalue weighted by atomic mass is 10.2. The standard InChI is InChI=1S/C19H20ClF2N3O/c1-13(19(26)23-14-6-7-16(21)17(22)12-14)24-8-10-25(11-9-24)18-5-3-2-4-15(18)20/h2-7,12-13H,8-11H2,1H3,(H,23,26). The number of anilines is 2. The van der Waals surface area contributed by atoms with E-state index in [1.807, 2.05) is 24.3 Å². The van der Waals surface area contributed by atoms with E-state index in [1.165, 1.54) is 6.07 Å². The number of carbonyl (C=O) groups excluding carboxylic acids is 1. The van der Waals surface area contributed by atoms with Crippen LogP contribution in [0.25, 0.3) is 0 Å². The average Bonchev–Trinajstić information content (AvgIpc) is 2.65. The van der Waals surface area contributed by atoms with Crippen LogP contribution >= 0.6 is 11.6 Å². The topological polar surface area (TPSA) is 35.6 Å². The zero-order valence-corrected chi connectivity index (χ0v) is 15.1. The lowest BCUT2D eigenvalue weighted by molar-refractivity contribution is -0.120. The number of benzene rings is 2. The van der Waals surface area contributed by atoms with E-state index in [4.69, 9.17) is 11.6 Å². The first-order valence-corrected chi connectivity index (χ1v) is 8.83. The van der Waals surface area contributed by atoms with Gasteiger partial charge < -0.3 is 10.2 Å². The second-order valence-electron chi connectivity index (χ2n) is 6.27. The number of nitrogens with zero attached hydrogens (tertiary/aromatic N) is 2. The van der Waals surface area contributed by atoms with Crippen LogP contribution in [0.1, 0.15) is 6.92 Å². The van der Waals surface area contributed by atoms with Gasteiger partial charge in [-0.15, -0.1) is 0 Å². The van der Waals surface area contributed by atoms with Crippen LogP contribution in [-0.4, -0.2) is 43.0 Å². The fraction of sp³-hybridized carbons (Fsp3) is 0.316. The summed E-state index contributed by atoms with van der Waals surface area (Å²) in [6.07, 6.45) is 0. The molecule has 1 aliphatic rings. The lowest BCUT2D eigenvalue weighted by Gasteiger charge is -2.38. The maximum absolute atomic E-state index is 13.3. The molecule has 0 aliphatic carbocycles. The summed E-state index contributed by atoms with van der Waals surface area (Å²) in [5, 5.41) is 3.35. The van der Waals surface area contributed by atoms with Gasteiger partial charge in [0.05, 0.1) is 16.8 Å². The minimum absolute atomic E-state index is 0.246. The van der Waals surface area contributed by atoms with E-state index >= 15 is 0 Å². The van der Waals surface area contributed by atoms with Gasteiger partial charge in [0, 0.05) is 37.9 Å². The second-order valence-corrected chi connectivity index (χ2v) is 6.68. The summed E-state index contributed by atoms with van der Waals surface area (Å²) in [6, 6.07) is 10.6. The van der Waals surface area contributed by atoms with E-state index in [9.17, 15) is 13.6 Å². The Balaban J connectivity index is 1.57. The summed E-state index contributed by atoms with van der Waals surface area (Å²) in [5.74, 6) is -2.17. The number of hydrogen-bond donors (Lipinski definition) is 1. The third-order valence-corrected chi connectivity index (χ3v) is 4.94.